The Hall–Kier alpha value is -2.26. The van der Waals surface area contributed by atoms with E-state index in [-0.39, 0.29) is 5.97 Å². The van der Waals surface area contributed by atoms with Crippen LogP contribution in [-0.2, 0) is 16.1 Å². The van der Waals surface area contributed by atoms with Crippen LogP contribution < -0.4 is 0 Å². The summed E-state index contributed by atoms with van der Waals surface area (Å²) in [6.07, 6.45) is 16.3. The number of carbonyl (C=O) groups is 1. The van der Waals surface area contributed by atoms with Crippen molar-refractivity contribution in [3.05, 3.63) is 30.1 Å². The normalized spacial score (nSPS) is 9.67. The lowest BCUT2D eigenvalue weighted by molar-refractivity contribution is -0.145. The first-order valence-electron chi connectivity index (χ1n) is 10.3. The maximum absolute atomic E-state index is 11.7. The summed E-state index contributed by atoms with van der Waals surface area (Å²) in [5.74, 6) is 11.9. The van der Waals surface area contributed by atoms with E-state index < -0.39 is 0 Å². The summed E-state index contributed by atoms with van der Waals surface area (Å²) in [4.78, 5) is 15.7. The Morgan fingerprint density at radius 3 is 2.30 bits per heavy atom. The molecule has 0 fully saturated rings. The molecule has 146 valence electrons. The van der Waals surface area contributed by atoms with Crippen molar-refractivity contribution < 1.29 is 9.53 Å². The highest BCUT2D eigenvalue weighted by molar-refractivity contribution is 5.69. The Morgan fingerprint density at radius 1 is 0.963 bits per heavy atom. The van der Waals surface area contributed by atoms with E-state index in [9.17, 15) is 4.79 Å². The summed E-state index contributed by atoms with van der Waals surface area (Å²) in [7, 11) is 0. The molecular formula is C24H33NO2. The van der Waals surface area contributed by atoms with Crippen molar-refractivity contribution in [2.75, 3.05) is 0 Å². The van der Waals surface area contributed by atoms with Crippen LogP contribution in [0.4, 0.5) is 0 Å². The van der Waals surface area contributed by atoms with Gasteiger partial charge in [-0.2, -0.15) is 0 Å². The lowest BCUT2D eigenvalue weighted by Crippen LogP contribution is -2.04. The first kappa shape index (κ1) is 22.8. The summed E-state index contributed by atoms with van der Waals surface area (Å²) in [5, 5.41) is 0. The second-order valence-corrected chi connectivity index (χ2v) is 6.70. The van der Waals surface area contributed by atoms with Crippen LogP contribution in [0.3, 0.4) is 0 Å². The molecule has 0 radical (unpaired) electrons. The minimum atomic E-state index is -0.148. The highest BCUT2D eigenvalue weighted by Crippen LogP contribution is 2.07. The molecule has 1 aromatic heterocycles. The quantitative estimate of drug-likeness (QED) is 0.250. The Labute approximate surface area is 165 Å². The van der Waals surface area contributed by atoms with E-state index in [1.165, 1.54) is 38.5 Å². The second-order valence-electron chi connectivity index (χ2n) is 6.70. The number of carbonyl (C=O) groups excluding carboxylic acids is 1. The van der Waals surface area contributed by atoms with Crippen molar-refractivity contribution >= 4 is 5.97 Å². The molecule has 1 rings (SSSR count). The minimum absolute atomic E-state index is 0.148. The third-order valence-electron chi connectivity index (χ3n) is 4.20. The molecule has 0 bridgehead atoms. The van der Waals surface area contributed by atoms with Gasteiger partial charge in [0.2, 0.25) is 0 Å². The zero-order valence-corrected chi connectivity index (χ0v) is 16.8. The second kappa shape index (κ2) is 17.2. The molecule has 0 saturated heterocycles. The average molecular weight is 368 g/mol. The largest absolute Gasteiger partial charge is 0.461 e. The SMILES string of the molecule is CCCCCCCCC#CC#CCCCCCC(=O)OCc1cccnc1. The summed E-state index contributed by atoms with van der Waals surface area (Å²) in [6.45, 7) is 2.54. The molecule has 3 heteroatoms. The van der Waals surface area contributed by atoms with E-state index >= 15 is 0 Å². The topological polar surface area (TPSA) is 39.2 Å². The third kappa shape index (κ3) is 14.6. The van der Waals surface area contributed by atoms with Crippen LogP contribution in [0.25, 0.3) is 0 Å². The molecule has 3 nitrogen and oxygen atoms in total. The van der Waals surface area contributed by atoms with Gasteiger partial charge >= 0.3 is 5.97 Å². The number of ether oxygens (including phenoxy) is 1. The van der Waals surface area contributed by atoms with Crippen molar-refractivity contribution in [2.24, 2.45) is 0 Å². The van der Waals surface area contributed by atoms with Crippen LogP contribution in [0, 0.1) is 23.7 Å². The predicted octanol–water partition coefficient (Wildman–Crippen LogP) is 5.83. The molecule has 1 aromatic rings. The number of aromatic nitrogens is 1. The standard InChI is InChI=1S/C24H33NO2/c1-2-3-4-5-6-7-8-9-10-11-12-13-14-15-16-19-24(26)27-22-23-18-17-20-25-21-23/h17-18,20-21H,2-8,13-16,19,22H2,1H3. The summed E-state index contributed by atoms with van der Waals surface area (Å²) in [5.41, 5.74) is 0.915. The molecule has 0 spiro atoms. The van der Waals surface area contributed by atoms with Gasteiger partial charge in [-0.05, 0) is 37.2 Å². The van der Waals surface area contributed by atoms with Crippen molar-refractivity contribution in [1.82, 2.24) is 4.98 Å². The van der Waals surface area contributed by atoms with Crippen molar-refractivity contribution in [3.8, 4) is 23.7 Å². The van der Waals surface area contributed by atoms with E-state index in [0.29, 0.717) is 13.0 Å². The maximum atomic E-state index is 11.7. The Morgan fingerprint density at radius 2 is 1.63 bits per heavy atom. The highest BCUT2D eigenvalue weighted by Gasteiger charge is 2.03. The number of pyridine rings is 1. The lowest BCUT2D eigenvalue weighted by atomic mass is 10.1. The van der Waals surface area contributed by atoms with Crippen LogP contribution >= 0.6 is 0 Å². The molecule has 0 unspecified atom stereocenters. The van der Waals surface area contributed by atoms with Gasteiger partial charge in [-0.15, -0.1) is 0 Å². The third-order valence-corrected chi connectivity index (χ3v) is 4.20. The number of nitrogens with zero attached hydrogens (tertiary/aromatic N) is 1. The van der Waals surface area contributed by atoms with Crippen LogP contribution in [0.15, 0.2) is 24.5 Å². The Balaban J connectivity index is 1.92. The summed E-state index contributed by atoms with van der Waals surface area (Å²) < 4.78 is 5.22. The molecule has 0 aliphatic rings. The van der Waals surface area contributed by atoms with E-state index in [1.54, 1.807) is 12.4 Å². The van der Waals surface area contributed by atoms with Gasteiger partial charge in [0, 0.05) is 37.2 Å². The predicted molar refractivity (Wildman–Crippen MR) is 111 cm³/mol. The van der Waals surface area contributed by atoms with Gasteiger partial charge in [0.15, 0.2) is 0 Å². The first-order chi connectivity index (χ1) is 13.3. The number of hydrogen-bond donors (Lipinski definition) is 0. The van der Waals surface area contributed by atoms with Gasteiger partial charge in [-0.25, -0.2) is 0 Å². The van der Waals surface area contributed by atoms with Gasteiger partial charge in [-0.3, -0.25) is 9.78 Å². The van der Waals surface area contributed by atoms with E-state index in [1.807, 2.05) is 12.1 Å². The molecule has 0 N–H and O–H groups in total. The van der Waals surface area contributed by atoms with Gasteiger partial charge < -0.3 is 4.74 Å². The monoisotopic (exact) mass is 367 g/mol. The molecule has 0 aromatic carbocycles. The molecule has 0 aliphatic carbocycles. The number of rotatable bonds is 13. The minimum Gasteiger partial charge on any atom is -0.461 e. The number of unbranched alkanes of at least 4 members (excludes halogenated alkanes) is 9. The van der Waals surface area contributed by atoms with Gasteiger partial charge in [0.25, 0.3) is 0 Å². The zero-order valence-electron chi connectivity index (χ0n) is 16.8. The van der Waals surface area contributed by atoms with Crippen LogP contribution in [0.2, 0.25) is 0 Å². The zero-order chi connectivity index (χ0) is 19.4. The van der Waals surface area contributed by atoms with Crippen LogP contribution in [0.5, 0.6) is 0 Å². The molecule has 0 aliphatic heterocycles. The fraction of sp³-hybridized carbons (Fsp3) is 0.583. The smallest absolute Gasteiger partial charge is 0.306 e. The van der Waals surface area contributed by atoms with Crippen LogP contribution in [-0.4, -0.2) is 11.0 Å². The maximum Gasteiger partial charge on any atom is 0.306 e. The lowest BCUT2D eigenvalue weighted by Gasteiger charge is -2.04. The Kier molecular flexibility index (Phi) is 14.5. The average Bonchev–Trinajstić information content (AvgIpc) is 2.70. The summed E-state index contributed by atoms with van der Waals surface area (Å²) >= 11 is 0. The van der Waals surface area contributed by atoms with E-state index in [2.05, 4.69) is 35.6 Å². The molecular weight excluding hydrogens is 334 g/mol. The molecule has 1 heterocycles. The van der Waals surface area contributed by atoms with Crippen LogP contribution in [0.1, 0.15) is 89.5 Å². The van der Waals surface area contributed by atoms with Crippen molar-refractivity contribution in [3.63, 3.8) is 0 Å². The first-order valence-corrected chi connectivity index (χ1v) is 10.3. The van der Waals surface area contributed by atoms with Gasteiger partial charge in [-0.1, -0.05) is 63.4 Å². The molecule has 0 amide bonds. The van der Waals surface area contributed by atoms with Crippen molar-refractivity contribution in [2.45, 2.75) is 90.6 Å². The molecule has 0 atom stereocenters. The number of hydrogen-bond acceptors (Lipinski definition) is 3. The summed E-state index contributed by atoms with van der Waals surface area (Å²) in [6, 6.07) is 3.73. The molecule has 27 heavy (non-hydrogen) atoms. The fourth-order valence-electron chi connectivity index (χ4n) is 2.59. The van der Waals surface area contributed by atoms with Crippen molar-refractivity contribution in [1.29, 1.82) is 0 Å². The molecule has 0 saturated carbocycles. The van der Waals surface area contributed by atoms with Gasteiger partial charge in [0.1, 0.15) is 6.61 Å². The number of esters is 1. The highest BCUT2D eigenvalue weighted by atomic mass is 16.5. The Bertz CT molecular complexity index is 617. The van der Waals surface area contributed by atoms with Gasteiger partial charge in [0.05, 0.1) is 0 Å². The van der Waals surface area contributed by atoms with E-state index in [0.717, 1.165) is 37.7 Å². The fourth-order valence-corrected chi connectivity index (χ4v) is 2.59. The van der Waals surface area contributed by atoms with E-state index in [4.69, 9.17) is 4.74 Å².